The summed E-state index contributed by atoms with van der Waals surface area (Å²) in [6.07, 6.45) is 3.93. The Morgan fingerprint density at radius 2 is 1.88 bits per heavy atom. The second-order valence-corrected chi connectivity index (χ2v) is 6.17. The first-order valence-electron chi connectivity index (χ1n) is 5.68. The summed E-state index contributed by atoms with van der Waals surface area (Å²) in [5, 5.41) is 0. The van der Waals surface area contributed by atoms with Crippen molar-refractivity contribution in [2.45, 2.75) is 26.2 Å². The molecule has 1 saturated heterocycles. The van der Waals surface area contributed by atoms with E-state index in [4.69, 9.17) is 0 Å². The molecule has 0 aromatic carbocycles. The maximum absolute atomic E-state index is 11.8. The lowest BCUT2D eigenvalue weighted by Gasteiger charge is -2.22. The fourth-order valence-electron chi connectivity index (χ4n) is 1.83. The van der Waals surface area contributed by atoms with Crippen molar-refractivity contribution >= 4 is 15.9 Å². The van der Waals surface area contributed by atoms with Crippen molar-refractivity contribution in [1.29, 1.82) is 0 Å². The van der Waals surface area contributed by atoms with Crippen molar-refractivity contribution < 1.29 is 13.2 Å². The quantitative estimate of drug-likeness (QED) is 0.702. The molecule has 16 heavy (non-hydrogen) atoms. The Morgan fingerprint density at radius 3 is 2.31 bits per heavy atom. The molecule has 1 aliphatic rings. The van der Waals surface area contributed by atoms with Gasteiger partial charge in [0, 0.05) is 19.6 Å². The molecule has 1 heterocycles. The summed E-state index contributed by atoms with van der Waals surface area (Å²) in [7, 11) is -3.27. The van der Waals surface area contributed by atoms with Gasteiger partial charge in [0.1, 0.15) is 0 Å². The highest BCUT2D eigenvalue weighted by atomic mass is 32.2. The number of sulfonamides is 1. The van der Waals surface area contributed by atoms with E-state index in [2.05, 4.69) is 0 Å². The topological polar surface area (TPSA) is 57.7 Å². The maximum atomic E-state index is 11.8. The molecule has 0 aliphatic carbocycles. The van der Waals surface area contributed by atoms with Crippen LogP contribution >= 0.6 is 0 Å². The van der Waals surface area contributed by atoms with E-state index in [-0.39, 0.29) is 12.5 Å². The number of hydrogen-bond acceptors (Lipinski definition) is 3. The molecule has 6 heteroatoms. The Balaban J connectivity index is 2.57. The molecule has 0 aromatic heterocycles. The van der Waals surface area contributed by atoms with Crippen LogP contribution in [0, 0.1) is 0 Å². The van der Waals surface area contributed by atoms with Crippen LogP contribution in [0.5, 0.6) is 0 Å². The number of nitrogens with zero attached hydrogens (tertiary/aromatic N) is 2. The van der Waals surface area contributed by atoms with Crippen molar-refractivity contribution in [3.63, 3.8) is 0 Å². The number of amides is 1. The SMILES string of the molecule is CCCN(CC(=O)N1CCCC1)S(C)(=O)=O. The molecular formula is C10H20N2O3S. The van der Waals surface area contributed by atoms with Gasteiger partial charge < -0.3 is 4.90 Å². The number of carbonyl (C=O) groups excluding carboxylic acids is 1. The van der Waals surface area contributed by atoms with Crippen LogP contribution < -0.4 is 0 Å². The molecule has 0 saturated carbocycles. The van der Waals surface area contributed by atoms with Gasteiger partial charge in [-0.15, -0.1) is 0 Å². The lowest BCUT2D eigenvalue weighted by atomic mass is 10.4. The van der Waals surface area contributed by atoms with Crippen molar-refractivity contribution in [2.24, 2.45) is 0 Å². The number of rotatable bonds is 5. The zero-order chi connectivity index (χ0) is 12.2. The predicted octanol–water partition coefficient (Wildman–Crippen LogP) is 0.280. The second kappa shape index (κ2) is 5.63. The van der Waals surface area contributed by atoms with Gasteiger partial charge in [-0.25, -0.2) is 8.42 Å². The van der Waals surface area contributed by atoms with Crippen LogP contribution in [0.1, 0.15) is 26.2 Å². The number of likely N-dealkylation sites (tertiary alicyclic amines) is 1. The van der Waals surface area contributed by atoms with E-state index in [0.717, 1.165) is 38.6 Å². The average molecular weight is 248 g/mol. The Hall–Kier alpha value is -0.620. The lowest BCUT2D eigenvalue weighted by Crippen LogP contribution is -2.41. The summed E-state index contributed by atoms with van der Waals surface area (Å²) in [6, 6.07) is 0. The lowest BCUT2D eigenvalue weighted by molar-refractivity contribution is -0.130. The van der Waals surface area contributed by atoms with E-state index in [9.17, 15) is 13.2 Å². The van der Waals surface area contributed by atoms with Gasteiger partial charge in [0.05, 0.1) is 12.8 Å². The third kappa shape index (κ3) is 3.75. The molecule has 1 rings (SSSR count). The van der Waals surface area contributed by atoms with Gasteiger partial charge >= 0.3 is 0 Å². The summed E-state index contributed by atoms with van der Waals surface area (Å²) < 4.78 is 24.1. The van der Waals surface area contributed by atoms with E-state index in [0.29, 0.717) is 6.54 Å². The van der Waals surface area contributed by atoms with E-state index in [1.807, 2.05) is 6.92 Å². The second-order valence-electron chi connectivity index (χ2n) is 4.18. The van der Waals surface area contributed by atoms with Gasteiger partial charge in [-0.2, -0.15) is 4.31 Å². The number of carbonyl (C=O) groups is 1. The van der Waals surface area contributed by atoms with Crippen LogP contribution in [0.15, 0.2) is 0 Å². The molecule has 1 fully saturated rings. The van der Waals surface area contributed by atoms with Crippen LogP contribution in [0.3, 0.4) is 0 Å². The molecule has 1 amide bonds. The van der Waals surface area contributed by atoms with Gasteiger partial charge in [0.2, 0.25) is 15.9 Å². The summed E-state index contributed by atoms with van der Waals surface area (Å²) in [4.78, 5) is 13.5. The monoisotopic (exact) mass is 248 g/mol. The highest BCUT2D eigenvalue weighted by Crippen LogP contribution is 2.09. The van der Waals surface area contributed by atoms with Crippen molar-refractivity contribution in [2.75, 3.05) is 32.4 Å². The van der Waals surface area contributed by atoms with Crippen LogP contribution in [0.25, 0.3) is 0 Å². The molecule has 0 bridgehead atoms. The first kappa shape index (κ1) is 13.4. The third-order valence-electron chi connectivity index (χ3n) is 2.71. The van der Waals surface area contributed by atoms with Gasteiger partial charge in [-0.05, 0) is 19.3 Å². The van der Waals surface area contributed by atoms with Crippen LogP contribution in [0.2, 0.25) is 0 Å². The van der Waals surface area contributed by atoms with Crippen LogP contribution in [0.4, 0.5) is 0 Å². The molecule has 0 spiro atoms. The fraction of sp³-hybridized carbons (Fsp3) is 0.900. The highest BCUT2D eigenvalue weighted by Gasteiger charge is 2.24. The van der Waals surface area contributed by atoms with Crippen molar-refractivity contribution in [3.05, 3.63) is 0 Å². The molecule has 0 atom stereocenters. The minimum Gasteiger partial charge on any atom is -0.342 e. The molecular weight excluding hydrogens is 228 g/mol. The first-order valence-corrected chi connectivity index (χ1v) is 7.53. The molecule has 1 aliphatic heterocycles. The average Bonchev–Trinajstić information content (AvgIpc) is 2.68. The smallest absolute Gasteiger partial charge is 0.237 e. The highest BCUT2D eigenvalue weighted by molar-refractivity contribution is 7.88. The van der Waals surface area contributed by atoms with Crippen LogP contribution in [-0.4, -0.2) is 56.0 Å². The van der Waals surface area contributed by atoms with Gasteiger partial charge in [0.25, 0.3) is 0 Å². The van der Waals surface area contributed by atoms with Crippen molar-refractivity contribution in [1.82, 2.24) is 9.21 Å². The van der Waals surface area contributed by atoms with E-state index >= 15 is 0 Å². The molecule has 94 valence electrons. The Bertz CT molecular complexity index is 334. The Morgan fingerprint density at radius 1 is 1.31 bits per heavy atom. The largest absolute Gasteiger partial charge is 0.342 e. The normalized spacial score (nSPS) is 17.1. The molecule has 0 N–H and O–H groups in total. The molecule has 0 aromatic rings. The van der Waals surface area contributed by atoms with Gasteiger partial charge in [0.15, 0.2) is 0 Å². The standard InChI is InChI=1S/C10H20N2O3S/c1-3-6-12(16(2,14)15)9-10(13)11-7-4-5-8-11/h3-9H2,1-2H3. The molecule has 5 nitrogen and oxygen atoms in total. The maximum Gasteiger partial charge on any atom is 0.237 e. The van der Waals surface area contributed by atoms with Crippen molar-refractivity contribution in [3.8, 4) is 0 Å². The predicted molar refractivity (Wildman–Crippen MR) is 62.5 cm³/mol. The summed E-state index contributed by atoms with van der Waals surface area (Å²) in [5.41, 5.74) is 0. The molecule has 0 unspecified atom stereocenters. The van der Waals surface area contributed by atoms with E-state index in [1.165, 1.54) is 4.31 Å². The fourth-order valence-corrected chi connectivity index (χ4v) is 2.69. The number of hydrogen-bond donors (Lipinski definition) is 0. The Labute approximate surface area is 97.5 Å². The summed E-state index contributed by atoms with van der Waals surface area (Å²) >= 11 is 0. The molecule has 0 radical (unpaired) electrons. The first-order chi connectivity index (χ1) is 7.45. The minimum absolute atomic E-state index is 0.00727. The van der Waals surface area contributed by atoms with Crippen LogP contribution in [-0.2, 0) is 14.8 Å². The zero-order valence-electron chi connectivity index (χ0n) is 9.98. The van der Waals surface area contributed by atoms with Gasteiger partial charge in [-0.3, -0.25) is 4.79 Å². The Kier molecular flexibility index (Phi) is 4.73. The van der Waals surface area contributed by atoms with Gasteiger partial charge in [-0.1, -0.05) is 6.92 Å². The van der Waals surface area contributed by atoms with E-state index < -0.39 is 10.0 Å². The zero-order valence-corrected chi connectivity index (χ0v) is 10.8. The van der Waals surface area contributed by atoms with E-state index in [1.54, 1.807) is 4.90 Å². The minimum atomic E-state index is -3.27. The summed E-state index contributed by atoms with van der Waals surface area (Å²) in [6.45, 7) is 3.84. The third-order valence-corrected chi connectivity index (χ3v) is 3.96. The summed E-state index contributed by atoms with van der Waals surface area (Å²) in [5.74, 6) is -0.0728.